The zero-order valence-electron chi connectivity index (χ0n) is 15.3. The van der Waals surface area contributed by atoms with Crippen LogP contribution in [0, 0.1) is 0 Å². The molecule has 2 aromatic rings. The minimum absolute atomic E-state index is 0.169. The number of hydrogen-bond donors (Lipinski definition) is 1. The number of piperidine rings is 1. The van der Waals surface area contributed by atoms with E-state index in [-0.39, 0.29) is 5.60 Å². The van der Waals surface area contributed by atoms with Crippen LogP contribution in [-0.4, -0.2) is 41.4 Å². The molecule has 0 bridgehead atoms. The molecule has 0 radical (unpaired) electrons. The number of ether oxygens (including phenoxy) is 2. The summed E-state index contributed by atoms with van der Waals surface area (Å²) in [5, 5.41) is 9.13. The van der Waals surface area contributed by atoms with Crippen LogP contribution in [0.1, 0.15) is 36.3 Å². The molecule has 2 heterocycles. The van der Waals surface area contributed by atoms with Crippen LogP contribution in [0.4, 0.5) is 4.79 Å². The number of benzene rings is 2. The van der Waals surface area contributed by atoms with Crippen LogP contribution >= 0.6 is 0 Å². The van der Waals surface area contributed by atoms with Gasteiger partial charge < -0.3 is 19.5 Å². The quantitative estimate of drug-likeness (QED) is 0.876. The third-order valence-corrected chi connectivity index (χ3v) is 5.73. The van der Waals surface area contributed by atoms with Gasteiger partial charge in [0.2, 0.25) is 0 Å². The molecule has 2 saturated heterocycles. The van der Waals surface area contributed by atoms with E-state index in [0.717, 1.165) is 30.6 Å². The zero-order chi connectivity index (χ0) is 18.7. The van der Waals surface area contributed by atoms with E-state index >= 15 is 0 Å². The maximum Gasteiger partial charge on any atom is 0.407 e. The highest BCUT2D eigenvalue weighted by atomic mass is 16.5. The fraction of sp³-hybridized carbons (Fsp3) is 0.409. The summed E-state index contributed by atoms with van der Waals surface area (Å²) in [7, 11) is 0. The monoisotopic (exact) mass is 367 g/mol. The molecule has 1 atom stereocenters. The molecule has 5 heteroatoms. The molecule has 27 heavy (non-hydrogen) atoms. The molecule has 2 aromatic carbocycles. The predicted octanol–water partition coefficient (Wildman–Crippen LogP) is 4.28. The van der Waals surface area contributed by atoms with Gasteiger partial charge in [-0.05, 0) is 42.5 Å². The summed E-state index contributed by atoms with van der Waals surface area (Å²) in [6, 6.07) is 18.4. The third kappa shape index (κ3) is 4.08. The van der Waals surface area contributed by atoms with Gasteiger partial charge in [0.1, 0.15) is 12.4 Å². The number of rotatable bonds is 4. The van der Waals surface area contributed by atoms with Crippen LogP contribution in [0.5, 0.6) is 5.75 Å². The van der Waals surface area contributed by atoms with Gasteiger partial charge in [0, 0.05) is 19.0 Å². The van der Waals surface area contributed by atoms with Crippen molar-refractivity contribution in [1.29, 1.82) is 0 Å². The van der Waals surface area contributed by atoms with E-state index < -0.39 is 6.09 Å². The van der Waals surface area contributed by atoms with Crippen molar-refractivity contribution in [3.05, 3.63) is 65.7 Å². The molecule has 2 aliphatic rings. The van der Waals surface area contributed by atoms with Crippen molar-refractivity contribution in [2.24, 2.45) is 0 Å². The maximum absolute atomic E-state index is 11.1. The van der Waals surface area contributed by atoms with Gasteiger partial charge in [0.05, 0.1) is 12.2 Å². The van der Waals surface area contributed by atoms with E-state index in [1.54, 1.807) is 0 Å². The van der Waals surface area contributed by atoms with Crippen LogP contribution in [0.3, 0.4) is 0 Å². The van der Waals surface area contributed by atoms with E-state index in [0.29, 0.717) is 32.2 Å². The summed E-state index contributed by atoms with van der Waals surface area (Å²) in [4.78, 5) is 12.6. The second-order valence-electron chi connectivity index (χ2n) is 7.51. The molecule has 0 aliphatic carbocycles. The zero-order valence-corrected chi connectivity index (χ0v) is 15.3. The van der Waals surface area contributed by atoms with Gasteiger partial charge >= 0.3 is 6.09 Å². The lowest BCUT2D eigenvalue weighted by Crippen LogP contribution is -2.45. The third-order valence-electron chi connectivity index (χ3n) is 5.73. The SMILES string of the molecule is O=C(O)N1CCC2(CC1)CC(c1cccc(OCc3ccccc3)c1)CO2. The van der Waals surface area contributed by atoms with E-state index in [4.69, 9.17) is 14.6 Å². The summed E-state index contributed by atoms with van der Waals surface area (Å²) in [5.41, 5.74) is 2.21. The first-order valence-electron chi connectivity index (χ1n) is 9.52. The molecule has 5 nitrogen and oxygen atoms in total. The summed E-state index contributed by atoms with van der Waals surface area (Å²) >= 11 is 0. The van der Waals surface area contributed by atoms with Gasteiger partial charge in [0.25, 0.3) is 0 Å². The van der Waals surface area contributed by atoms with E-state index in [1.807, 2.05) is 30.3 Å². The van der Waals surface area contributed by atoms with Crippen molar-refractivity contribution in [2.45, 2.75) is 37.4 Å². The Hall–Kier alpha value is -2.53. The van der Waals surface area contributed by atoms with Crippen LogP contribution in [-0.2, 0) is 11.3 Å². The summed E-state index contributed by atoms with van der Waals surface area (Å²) in [5.74, 6) is 1.21. The van der Waals surface area contributed by atoms with Gasteiger partial charge in [-0.3, -0.25) is 0 Å². The van der Waals surface area contributed by atoms with Crippen molar-refractivity contribution in [1.82, 2.24) is 4.90 Å². The lowest BCUT2D eigenvalue weighted by atomic mass is 9.83. The number of carboxylic acid groups (broad SMARTS) is 1. The number of hydrogen-bond acceptors (Lipinski definition) is 3. The Morgan fingerprint density at radius 2 is 1.93 bits per heavy atom. The minimum atomic E-state index is -0.831. The van der Waals surface area contributed by atoms with Crippen LogP contribution in [0.25, 0.3) is 0 Å². The molecule has 0 saturated carbocycles. The largest absolute Gasteiger partial charge is 0.489 e. The van der Waals surface area contributed by atoms with Crippen molar-refractivity contribution >= 4 is 6.09 Å². The fourth-order valence-corrected chi connectivity index (χ4v) is 4.11. The molecular weight excluding hydrogens is 342 g/mol. The van der Waals surface area contributed by atoms with E-state index in [9.17, 15) is 4.79 Å². The topological polar surface area (TPSA) is 59.0 Å². The average molecular weight is 367 g/mol. The molecule has 4 rings (SSSR count). The highest BCUT2D eigenvalue weighted by molar-refractivity contribution is 5.65. The standard InChI is InChI=1S/C22H25NO4/c24-21(25)23-11-9-22(10-12-23)14-19(16-27-22)18-7-4-8-20(13-18)26-15-17-5-2-1-3-6-17/h1-8,13,19H,9-12,14-16H2,(H,24,25). The van der Waals surface area contributed by atoms with Gasteiger partial charge in [-0.15, -0.1) is 0 Å². The molecule has 1 spiro atoms. The maximum atomic E-state index is 11.1. The Kier molecular flexibility index (Phi) is 5.03. The number of nitrogens with zero attached hydrogens (tertiary/aromatic N) is 1. The second-order valence-corrected chi connectivity index (χ2v) is 7.51. The molecule has 0 aromatic heterocycles. The van der Waals surface area contributed by atoms with Gasteiger partial charge in [-0.25, -0.2) is 4.79 Å². The number of amides is 1. The first-order chi connectivity index (χ1) is 13.1. The van der Waals surface area contributed by atoms with Crippen molar-refractivity contribution < 1.29 is 19.4 Å². The molecular formula is C22H25NO4. The summed E-state index contributed by atoms with van der Waals surface area (Å²) in [6.45, 7) is 2.36. The smallest absolute Gasteiger partial charge is 0.407 e. The average Bonchev–Trinajstić information content (AvgIpc) is 3.11. The number of likely N-dealkylation sites (tertiary alicyclic amines) is 1. The number of carbonyl (C=O) groups is 1. The normalized spacial score (nSPS) is 21.3. The molecule has 142 valence electrons. The predicted molar refractivity (Wildman–Crippen MR) is 102 cm³/mol. The highest BCUT2D eigenvalue weighted by Crippen LogP contribution is 2.43. The molecule has 1 unspecified atom stereocenters. The Labute approximate surface area is 159 Å². The van der Waals surface area contributed by atoms with E-state index in [2.05, 4.69) is 24.3 Å². The Balaban J connectivity index is 1.38. The highest BCUT2D eigenvalue weighted by Gasteiger charge is 2.43. The Bertz CT molecular complexity index is 784. The first-order valence-corrected chi connectivity index (χ1v) is 9.52. The van der Waals surface area contributed by atoms with Gasteiger partial charge in [0.15, 0.2) is 0 Å². The van der Waals surface area contributed by atoms with Crippen LogP contribution in [0.2, 0.25) is 0 Å². The van der Waals surface area contributed by atoms with Crippen LogP contribution < -0.4 is 4.74 Å². The molecule has 2 fully saturated rings. The fourth-order valence-electron chi connectivity index (χ4n) is 4.11. The van der Waals surface area contributed by atoms with Crippen molar-refractivity contribution in [3.63, 3.8) is 0 Å². The van der Waals surface area contributed by atoms with Crippen LogP contribution in [0.15, 0.2) is 54.6 Å². The summed E-state index contributed by atoms with van der Waals surface area (Å²) < 4.78 is 12.1. The minimum Gasteiger partial charge on any atom is -0.489 e. The van der Waals surface area contributed by atoms with Crippen molar-refractivity contribution in [2.75, 3.05) is 19.7 Å². The first kappa shape index (κ1) is 17.9. The molecule has 1 N–H and O–H groups in total. The van der Waals surface area contributed by atoms with Crippen molar-refractivity contribution in [3.8, 4) is 5.75 Å². The lowest BCUT2D eigenvalue weighted by molar-refractivity contribution is -0.0394. The Morgan fingerprint density at radius 1 is 1.15 bits per heavy atom. The lowest BCUT2D eigenvalue weighted by Gasteiger charge is -2.37. The Morgan fingerprint density at radius 3 is 2.67 bits per heavy atom. The van der Waals surface area contributed by atoms with Gasteiger partial charge in [-0.1, -0.05) is 42.5 Å². The second kappa shape index (κ2) is 7.61. The molecule has 1 amide bonds. The molecule has 2 aliphatic heterocycles. The van der Waals surface area contributed by atoms with E-state index in [1.165, 1.54) is 10.5 Å². The van der Waals surface area contributed by atoms with Gasteiger partial charge in [-0.2, -0.15) is 0 Å². The summed E-state index contributed by atoms with van der Waals surface area (Å²) in [6.07, 6.45) is 1.67.